The van der Waals surface area contributed by atoms with E-state index >= 15 is 0 Å². The summed E-state index contributed by atoms with van der Waals surface area (Å²) < 4.78 is 0.818. The van der Waals surface area contributed by atoms with Gasteiger partial charge in [0.25, 0.3) is 0 Å². The smallest absolute Gasteiger partial charge is 0.277 e. The van der Waals surface area contributed by atoms with Gasteiger partial charge in [-0.1, -0.05) is 0 Å². The minimum absolute atomic E-state index is 0.330. The first kappa shape index (κ1) is 8.63. The van der Waals surface area contributed by atoms with Crippen molar-refractivity contribution >= 4 is 33.2 Å². The lowest BCUT2D eigenvalue weighted by atomic mass is 10.7. The van der Waals surface area contributed by atoms with Gasteiger partial charge in [0.2, 0.25) is 0 Å². The van der Waals surface area contributed by atoms with Crippen LogP contribution in [0.25, 0.3) is 0 Å². The number of nitrogens with zero attached hydrogens (tertiary/aromatic N) is 1. The van der Waals surface area contributed by atoms with Crippen LogP contribution in [0.4, 0.5) is 0 Å². The maximum Gasteiger partial charge on any atom is 0.303 e. The van der Waals surface area contributed by atoms with Crippen molar-refractivity contribution in [3.8, 4) is 0 Å². The third-order valence-corrected chi connectivity index (χ3v) is 2.34. The molecule has 0 fully saturated rings. The average Bonchev–Trinajstić information content (AvgIpc) is 2.36. The molecular formula is C5H5BrN2O2S. The van der Waals surface area contributed by atoms with Crippen LogP contribution in [0.3, 0.4) is 0 Å². The van der Waals surface area contributed by atoms with Gasteiger partial charge < -0.3 is 0 Å². The van der Waals surface area contributed by atoms with Crippen molar-refractivity contribution in [2.24, 2.45) is 0 Å². The van der Waals surface area contributed by atoms with Crippen molar-refractivity contribution in [2.45, 2.75) is 0 Å². The SMILES string of the molecule is CONC(=O)c1ncc(Br)s1. The van der Waals surface area contributed by atoms with Gasteiger partial charge in [0.05, 0.1) is 17.1 Å². The van der Waals surface area contributed by atoms with E-state index in [0.717, 1.165) is 3.79 Å². The Hall–Kier alpha value is -0.460. The highest BCUT2D eigenvalue weighted by atomic mass is 79.9. The first-order valence-corrected chi connectivity index (χ1v) is 4.29. The topological polar surface area (TPSA) is 51.2 Å². The van der Waals surface area contributed by atoms with Crippen LogP contribution in [0.5, 0.6) is 0 Å². The van der Waals surface area contributed by atoms with E-state index in [4.69, 9.17) is 0 Å². The fourth-order valence-electron chi connectivity index (χ4n) is 0.496. The molecule has 0 spiro atoms. The Balaban J connectivity index is 2.69. The van der Waals surface area contributed by atoms with Gasteiger partial charge in [-0.05, 0) is 15.9 Å². The minimum Gasteiger partial charge on any atom is -0.277 e. The molecule has 1 rings (SSSR count). The third kappa shape index (κ3) is 2.25. The van der Waals surface area contributed by atoms with Crippen LogP contribution in [-0.4, -0.2) is 18.0 Å². The van der Waals surface area contributed by atoms with E-state index in [9.17, 15) is 4.79 Å². The second-order valence-electron chi connectivity index (χ2n) is 1.60. The van der Waals surface area contributed by atoms with Gasteiger partial charge in [0, 0.05) is 0 Å². The van der Waals surface area contributed by atoms with Crippen molar-refractivity contribution in [3.05, 3.63) is 15.0 Å². The molecule has 1 amide bonds. The Morgan fingerprint density at radius 3 is 3.09 bits per heavy atom. The molecule has 1 N–H and O–H groups in total. The Kier molecular flexibility index (Phi) is 2.98. The summed E-state index contributed by atoms with van der Waals surface area (Å²) in [6, 6.07) is 0. The number of nitrogens with one attached hydrogen (secondary N) is 1. The van der Waals surface area contributed by atoms with Gasteiger partial charge in [0.1, 0.15) is 0 Å². The van der Waals surface area contributed by atoms with E-state index in [-0.39, 0.29) is 5.91 Å². The summed E-state index contributed by atoms with van der Waals surface area (Å²) >= 11 is 4.44. The predicted octanol–water partition coefficient (Wildman–Crippen LogP) is 1.20. The molecule has 0 bridgehead atoms. The van der Waals surface area contributed by atoms with Gasteiger partial charge in [-0.15, -0.1) is 11.3 Å². The van der Waals surface area contributed by atoms with E-state index in [2.05, 4.69) is 31.2 Å². The lowest BCUT2D eigenvalue weighted by molar-refractivity contribution is 0.0537. The van der Waals surface area contributed by atoms with Crippen molar-refractivity contribution in [1.82, 2.24) is 10.5 Å². The molecule has 1 heterocycles. The molecule has 4 nitrogen and oxygen atoms in total. The largest absolute Gasteiger partial charge is 0.303 e. The van der Waals surface area contributed by atoms with Crippen LogP contribution in [0.15, 0.2) is 9.98 Å². The number of aromatic nitrogens is 1. The van der Waals surface area contributed by atoms with Crippen LogP contribution in [0.1, 0.15) is 9.80 Å². The summed E-state index contributed by atoms with van der Waals surface area (Å²) in [7, 11) is 1.38. The number of amides is 1. The van der Waals surface area contributed by atoms with Crippen LogP contribution < -0.4 is 5.48 Å². The zero-order valence-electron chi connectivity index (χ0n) is 5.63. The first-order valence-electron chi connectivity index (χ1n) is 2.68. The third-order valence-electron chi connectivity index (χ3n) is 0.866. The summed E-state index contributed by atoms with van der Waals surface area (Å²) in [6.45, 7) is 0. The highest BCUT2D eigenvalue weighted by Crippen LogP contribution is 2.18. The maximum absolute atomic E-state index is 10.9. The molecule has 0 aromatic carbocycles. The summed E-state index contributed by atoms with van der Waals surface area (Å²) in [5, 5.41) is 0.374. The van der Waals surface area contributed by atoms with Crippen molar-refractivity contribution in [1.29, 1.82) is 0 Å². The number of hydrogen-bond donors (Lipinski definition) is 1. The number of hydroxylamine groups is 1. The summed E-state index contributed by atoms with van der Waals surface area (Å²) in [5.74, 6) is -0.330. The van der Waals surface area contributed by atoms with Crippen molar-refractivity contribution in [3.63, 3.8) is 0 Å². The van der Waals surface area contributed by atoms with Gasteiger partial charge in [-0.25, -0.2) is 10.5 Å². The molecule has 1 aromatic rings. The molecule has 6 heteroatoms. The van der Waals surface area contributed by atoms with Gasteiger partial charge in [-0.3, -0.25) is 9.63 Å². The monoisotopic (exact) mass is 236 g/mol. The molecule has 0 saturated heterocycles. The molecule has 0 unspecified atom stereocenters. The maximum atomic E-state index is 10.9. The molecule has 0 radical (unpaired) electrons. The highest BCUT2D eigenvalue weighted by Gasteiger charge is 2.08. The predicted molar refractivity (Wildman–Crippen MR) is 44.3 cm³/mol. The van der Waals surface area contributed by atoms with Crippen molar-refractivity contribution in [2.75, 3.05) is 7.11 Å². The molecule has 0 saturated carbocycles. The molecule has 0 aliphatic rings. The molecule has 0 aliphatic heterocycles. The van der Waals surface area contributed by atoms with E-state index in [0.29, 0.717) is 5.01 Å². The van der Waals surface area contributed by atoms with E-state index in [1.807, 2.05) is 0 Å². The minimum atomic E-state index is -0.330. The second-order valence-corrected chi connectivity index (χ2v) is 4.01. The number of rotatable bonds is 2. The normalized spacial score (nSPS) is 9.64. The van der Waals surface area contributed by atoms with E-state index in [1.54, 1.807) is 6.20 Å². The summed E-state index contributed by atoms with van der Waals surface area (Å²) in [4.78, 5) is 19.2. The lowest BCUT2D eigenvalue weighted by Crippen LogP contribution is -2.21. The quantitative estimate of drug-likeness (QED) is 0.786. The number of thiazole rings is 1. The number of hydrogen-bond acceptors (Lipinski definition) is 4. The Bertz CT molecular complexity index is 263. The number of carbonyl (C=O) groups is 1. The van der Waals surface area contributed by atoms with Crippen molar-refractivity contribution < 1.29 is 9.63 Å². The zero-order valence-corrected chi connectivity index (χ0v) is 8.03. The fourth-order valence-corrected chi connectivity index (χ4v) is 1.59. The standard InChI is InChI=1S/C5H5BrN2O2S/c1-10-8-4(9)5-7-2-3(6)11-5/h2H,1H3,(H,8,9). The second kappa shape index (κ2) is 3.80. The van der Waals surface area contributed by atoms with Gasteiger partial charge in [-0.2, -0.15) is 0 Å². The van der Waals surface area contributed by atoms with Crippen LogP contribution in [0.2, 0.25) is 0 Å². The Morgan fingerprint density at radius 1 is 1.91 bits per heavy atom. The van der Waals surface area contributed by atoms with Crippen LogP contribution in [-0.2, 0) is 4.84 Å². The van der Waals surface area contributed by atoms with Gasteiger partial charge >= 0.3 is 5.91 Å². The van der Waals surface area contributed by atoms with Crippen LogP contribution in [0, 0.1) is 0 Å². The van der Waals surface area contributed by atoms with E-state index < -0.39 is 0 Å². The highest BCUT2D eigenvalue weighted by molar-refractivity contribution is 9.11. The summed E-state index contributed by atoms with van der Waals surface area (Å²) in [6.07, 6.45) is 1.56. The van der Waals surface area contributed by atoms with Gasteiger partial charge in [0.15, 0.2) is 5.01 Å². The molecule has 0 aliphatic carbocycles. The number of carbonyl (C=O) groups excluding carboxylic acids is 1. The number of halogens is 1. The Morgan fingerprint density at radius 2 is 2.64 bits per heavy atom. The lowest BCUT2D eigenvalue weighted by Gasteiger charge is -1.95. The molecule has 1 aromatic heterocycles. The first-order chi connectivity index (χ1) is 5.24. The fraction of sp³-hybridized carbons (Fsp3) is 0.200. The molecular weight excluding hydrogens is 232 g/mol. The zero-order chi connectivity index (χ0) is 8.27. The Labute approximate surface area is 75.7 Å². The molecule has 0 atom stereocenters. The average molecular weight is 237 g/mol. The van der Waals surface area contributed by atoms with Crippen LogP contribution >= 0.6 is 27.3 Å². The van der Waals surface area contributed by atoms with E-state index in [1.165, 1.54) is 18.4 Å². The molecule has 11 heavy (non-hydrogen) atoms. The molecule has 60 valence electrons. The summed E-state index contributed by atoms with van der Waals surface area (Å²) in [5.41, 5.74) is 2.16.